The lowest BCUT2D eigenvalue weighted by atomic mass is 9.80. The molecule has 0 saturated carbocycles. The predicted molar refractivity (Wildman–Crippen MR) is 75.9 cm³/mol. The lowest BCUT2D eigenvalue weighted by molar-refractivity contribution is 0.449. The van der Waals surface area contributed by atoms with Gasteiger partial charge in [0, 0.05) is 23.9 Å². The number of thiophene rings is 1. The van der Waals surface area contributed by atoms with Crippen molar-refractivity contribution < 1.29 is 0 Å². The van der Waals surface area contributed by atoms with Gasteiger partial charge >= 0.3 is 0 Å². The number of fused-ring (bicyclic) bond motifs is 1. The van der Waals surface area contributed by atoms with Crippen LogP contribution in [-0.4, -0.2) is 11.0 Å². The van der Waals surface area contributed by atoms with Gasteiger partial charge in [0.1, 0.15) is 0 Å². The minimum atomic E-state index is 0.188. The van der Waals surface area contributed by atoms with Crippen molar-refractivity contribution in [3.63, 3.8) is 0 Å². The molecule has 1 aliphatic rings. The van der Waals surface area contributed by atoms with E-state index in [1.807, 2.05) is 12.3 Å². The summed E-state index contributed by atoms with van der Waals surface area (Å²) < 4.78 is 0. The topological polar surface area (TPSA) is 38.9 Å². The molecule has 0 radical (unpaired) electrons. The number of hydrogen-bond donors (Lipinski definition) is 1. The average Bonchev–Trinajstić information content (AvgIpc) is 2.91. The van der Waals surface area contributed by atoms with Gasteiger partial charge in [-0.1, -0.05) is 6.07 Å². The van der Waals surface area contributed by atoms with Crippen molar-refractivity contribution in [3.05, 3.63) is 52.0 Å². The summed E-state index contributed by atoms with van der Waals surface area (Å²) in [6.07, 6.45) is 6.43. The van der Waals surface area contributed by atoms with Gasteiger partial charge in [0.25, 0.3) is 0 Å². The largest absolute Gasteiger partial charge is 0.327 e. The van der Waals surface area contributed by atoms with Gasteiger partial charge in [-0.3, -0.25) is 4.98 Å². The first-order valence-electron chi connectivity index (χ1n) is 6.55. The van der Waals surface area contributed by atoms with Crippen LogP contribution >= 0.6 is 11.3 Å². The number of hydrogen-bond acceptors (Lipinski definition) is 3. The van der Waals surface area contributed by atoms with Gasteiger partial charge in [0.15, 0.2) is 0 Å². The molecule has 0 saturated heterocycles. The van der Waals surface area contributed by atoms with E-state index >= 15 is 0 Å². The highest BCUT2D eigenvalue weighted by atomic mass is 32.1. The van der Waals surface area contributed by atoms with Gasteiger partial charge in [-0.25, -0.2) is 0 Å². The monoisotopic (exact) mass is 258 g/mol. The van der Waals surface area contributed by atoms with E-state index in [1.165, 1.54) is 29.7 Å². The van der Waals surface area contributed by atoms with Crippen LogP contribution in [0.25, 0.3) is 0 Å². The first-order valence-corrected chi connectivity index (χ1v) is 7.49. The van der Waals surface area contributed by atoms with Crippen LogP contribution in [0.1, 0.15) is 35.6 Å². The van der Waals surface area contributed by atoms with Gasteiger partial charge < -0.3 is 5.73 Å². The van der Waals surface area contributed by atoms with Crippen LogP contribution in [-0.2, 0) is 12.8 Å². The Morgan fingerprint density at radius 3 is 3.22 bits per heavy atom. The Morgan fingerprint density at radius 2 is 2.39 bits per heavy atom. The van der Waals surface area contributed by atoms with Crippen molar-refractivity contribution in [1.82, 2.24) is 4.98 Å². The fraction of sp³-hybridized carbons (Fsp3) is 0.400. The normalized spacial score (nSPS) is 20.4. The zero-order valence-electron chi connectivity index (χ0n) is 10.4. The summed E-state index contributed by atoms with van der Waals surface area (Å²) in [5.74, 6) is 0.426. The molecule has 0 spiro atoms. The number of nitrogens with two attached hydrogens (primary N) is 1. The molecule has 2 N–H and O–H groups in total. The molecule has 18 heavy (non-hydrogen) atoms. The third-order valence-electron chi connectivity index (χ3n) is 3.81. The molecular weight excluding hydrogens is 240 g/mol. The van der Waals surface area contributed by atoms with Crippen LogP contribution in [0.2, 0.25) is 0 Å². The number of rotatable bonds is 3. The summed E-state index contributed by atoms with van der Waals surface area (Å²) in [6.45, 7) is 0. The van der Waals surface area contributed by atoms with Crippen molar-refractivity contribution in [2.45, 2.75) is 37.6 Å². The van der Waals surface area contributed by atoms with Gasteiger partial charge in [0.2, 0.25) is 0 Å². The molecule has 0 fully saturated rings. The lowest BCUT2D eigenvalue weighted by Crippen LogP contribution is -2.33. The Morgan fingerprint density at radius 1 is 1.44 bits per heavy atom. The molecule has 0 bridgehead atoms. The van der Waals surface area contributed by atoms with Gasteiger partial charge in [0.05, 0.1) is 0 Å². The minimum absolute atomic E-state index is 0.188. The maximum Gasteiger partial charge on any atom is 0.0482 e. The Bertz CT molecular complexity index is 507. The smallest absolute Gasteiger partial charge is 0.0482 e. The summed E-state index contributed by atoms with van der Waals surface area (Å²) in [7, 11) is 0. The van der Waals surface area contributed by atoms with Crippen LogP contribution in [0, 0.1) is 0 Å². The third-order valence-corrected chi connectivity index (χ3v) is 4.54. The van der Waals surface area contributed by atoms with Crippen LogP contribution in [0.5, 0.6) is 0 Å². The number of pyridine rings is 1. The molecule has 1 aliphatic carbocycles. The molecule has 2 aromatic rings. The average molecular weight is 258 g/mol. The van der Waals surface area contributed by atoms with Crippen molar-refractivity contribution in [1.29, 1.82) is 0 Å². The zero-order valence-corrected chi connectivity index (χ0v) is 11.2. The molecule has 94 valence electrons. The van der Waals surface area contributed by atoms with Crippen LogP contribution < -0.4 is 5.73 Å². The second-order valence-electron chi connectivity index (χ2n) is 5.05. The zero-order chi connectivity index (χ0) is 12.4. The fourth-order valence-corrected chi connectivity index (χ4v) is 3.57. The predicted octanol–water partition coefficient (Wildman–Crippen LogP) is 3.13. The van der Waals surface area contributed by atoms with Crippen molar-refractivity contribution in [2.24, 2.45) is 5.73 Å². The van der Waals surface area contributed by atoms with Crippen LogP contribution in [0.4, 0.5) is 0 Å². The quantitative estimate of drug-likeness (QED) is 0.918. The third kappa shape index (κ3) is 2.33. The minimum Gasteiger partial charge on any atom is -0.327 e. The van der Waals surface area contributed by atoms with E-state index in [-0.39, 0.29) is 6.04 Å². The van der Waals surface area contributed by atoms with E-state index in [1.54, 1.807) is 11.3 Å². The highest BCUT2D eigenvalue weighted by Crippen LogP contribution is 2.32. The molecular formula is C15H18N2S. The van der Waals surface area contributed by atoms with Crippen LogP contribution in [0.3, 0.4) is 0 Å². The Balaban J connectivity index is 1.80. The standard InChI is InChI=1S/C15H18N2S/c16-14(9-11-6-8-18-10-11)13-5-1-3-12-4-2-7-17-15(12)13/h2,4,6-8,10,13-14H,1,3,5,9,16H2. The summed E-state index contributed by atoms with van der Waals surface area (Å²) in [6, 6.07) is 6.60. The molecule has 2 heterocycles. The summed E-state index contributed by atoms with van der Waals surface area (Å²) >= 11 is 1.74. The first-order chi connectivity index (χ1) is 8.84. The molecule has 2 nitrogen and oxygen atoms in total. The second-order valence-corrected chi connectivity index (χ2v) is 5.83. The van der Waals surface area contributed by atoms with Gasteiger partial charge in [-0.05, 0) is 59.7 Å². The van der Waals surface area contributed by atoms with E-state index in [0.29, 0.717) is 5.92 Å². The molecule has 3 rings (SSSR count). The number of aryl methyl sites for hydroxylation is 1. The summed E-state index contributed by atoms with van der Waals surface area (Å²) in [5.41, 5.74) is 10.4. The number of nitrogens with zero attached hydrogens (tertiary/aromatic N) is 1. The van der Waals surface area contributed by atoms with Gasteiger partial charge in [-0.2, -0.15) is 11.3 Å². The van der Waals surface area contributed by atoms with Crippen molar-refractivity contribution >= 4 is 11.3 Å². The first kappa shape index (κ1) is 11.9. The van der Waals surface area contributed by atoms with Gasteiger partial charge in [-0.15, -0.1) is 0 Å². The molecule has 3 heteroatoms. The molecule has 0 amide bonds. The van der Waals surface area contributed by atoms with E-state index < -0.39 is 0 Å². The van der Waals surface area contributed by atoms with Crippen LogP contribution in [0.15, 0.2) is 35.2 Å². The Kier molecular flexibility index (Phi) is 3.43. The fourth-order valence-electron chi connectivity index (χ4n) is 2.89. The molecule has 2 atom stereocenters. The van der Waals surface area contributed by atoms with E-state index in [4.69, 9.17) is 5.73 Å². The Labute approximate surface area is 112 Å². The highest BCUT2D eigenvalue weighted by molar-refractivity contribution is 7.07. The highest BCUT2D eigenvalue weighted by Gasteiger charge is 2.26. The second kappa shape index (κ2) is 5.21. The molecule has 2 aromatic heterocycles. The van der Waals surface area contributed by atoms with E-state index in [0.717, 1.165) is 12.8 Å². The maximum atomic E-state index is 6.42. The summed E-state index contributed by atoms with van der Waals surface area (Å²) in [4.78, 5) is 4.57. The lowest BCUT2D eigenvalue weighted by Gasteiger charge is -2.29. The Hall–Kier alpha value is -1.19. The SMILES string of the molecule is NC(Cc1ccsc1)C1CCCc2cccnc21. The molecule has 0 aromatic carbocycles. The molecule has 2 unspecified atom stereocenters. The van der Waals surface area contributed by atoms with Crippen molar-refractivity contribution in [2.75, 3.05) is 0 Å². The number of aromatic nitrogens is 1. The van der Waals surface area contributed by atoms with E-state index in [9.17, 15) is 0 Å². The van der Waals surface area contributed by atoms with E-state index in [2.05, 4.69) is 27.9 Å². The van der Waals surface area contributed by atoms with Crippen molar-refractivity contribution in [3.8, 4) is 0 Å². The maximum absolute atomic E-state index is 6.42. The summed E-state index contributed by atoms with van der Waals surface area (Å²) in [5, 5.41) is 4.32. The molecule has 0 aliphatic heterocycles.